The molecule has 1 saturated heterocycles. The third-order valence-electron chi connectivity index (χ3n) is 4.79. The molecule has 6 nitrogen and oxygen atoms in total. The summed E-state index contributed by atoms with van der Waals surface area (Å²) in [5.41, 5.74) is 2.53. The maximum atomic E-state index is 13.1. The van der Waals surface area contributed by atoms with Crippen molar-refractivity contribution in [3.05, 3.63) is 65.8 Å². The van der Waals surface area contributed by atoms with Gasteiger partial charge < -0.3 is 9.32 Å². The molecule has 2 aromatic heterocycles. The fourth-order valence-electron chi connectivity index (χ4n) is 3.38. The van der Waals surface area contributed by atoms with Gasteiger partial charge in [0.2, 0.25) is 11.8 Å². The first-order valence-corrected chi connectivity index (χ1v) is 8.84. The number of aromatic nitrogens is 3. The molecule has 1 aliphatic heterocycles. The maximum Gasteiger partial charge on any atom is 0.254 e. The average Bonchev–Trinajstić information content (AvgIpc) is 3.19. The molecule has 1 fully saturated rings. The van der Waals surface area contributed by atoms with Crippen molar-refractivity contribution in [1.29, 1.82) is 0 Å². The summed E-state index contributed by atoms with van der Waals surface area (Å²) in [6.07, 6.45) is 6.23. The second-order valence-electron chi connectivity index (χ2n) is 6.51. The Morgan fingerprint density at radius 1 is 1.12 bits per heavy atom. The number of hydrogen-bond acceptors (Lipinski definition) is 5. The molecule has 1 atom stereocenters. The molecule has 3 aromatic rings. The molecule has 0 bridgehead atoms. The summed E-state index contributed by atoms with van der Waals surface area (Å²) in [4.78, 5) is 19.0. The van der Waals surface area contributed by atoms with Crippen molar-refractivity contribution < 1.29 is 9.21 Å². The third kappa shape index (κ3) is 3.10. The molecule has 4 rings (SSSR count). The summed E-state index contributed by atoms with van der Waals surface area (Å²) < 4.78 is 5.91. The van der Waals surface area contributed by atoms with E-state index in [1.807, 2.05) is 48.2 Å². The van der Waals surface area contributed by atoms with Crippen molar-refractivity contribution in [1.82, 2.24) is 20.1 Å². The van der Waals surface area contributed by atoms with Gasteiger partial charge in [0.15, 0.2) is 0 Å². The number of likely N-dealkylation sites (tertiary alicyclic amines) is 1. The van der Waals surface area contributed by atoms with Crippen LogP contribution in [0.4, 0.5) is 0 Å². The number of pyridine rings is 1. The fraction of sp³-hybridized carbons (Fsp3) is 0.300. The van der Waals surface area contributed by atoms with Crippen LogP contribution in [0.1, 0.15) is 47.1 Å². The monoisotopic (exact) mass is 348 g/mol. The lowest BCUT2D eigenvalue weighted by Crippen LogP contribution is -2.39. The van der Waals surface area contributed by atoms with Crippen LogP contribution in [0.25, 0.3) is 11.5 Å². The Balaban J connectivity index is 1.63. The summed E-state index contributed by atoms with van der Waals surface area (Å²) in [5, 5.41) is 8.40. The Bertz CT molecular complexity index is 907. The van der Waals surface area contributed by atoms with Crippen LogP contribution < -0.4 is 0 Å². The van der Waals surface area contributed by atoms with Crippen LogP contribution in [0.3, 0.4) is 0 Å². The van der Waals surface area contributed by atoms with Crippen LogP contribution in [-0.2, 0) is 0 Å². The molecule has 0 unspecified atom stereocenters. The number of aryl methyl sites for hydroxylation is 1. The van der Waals surface area contributed by atoms with Crippen molar-refractivity contribution in [2.75, 3.05) is 6.54 Å². The van der Waals surface area contributed by atoms with Crippen LogP contribution >= 0.6 is 0 Å². The number of hydrogen-bond donors (Lipinski definition) is 0. The molecular weight excluding hydrogens is 328 g/mol. The third-order valence-corrected chi connectivity index (χ3v) is 4.79. The quantitative estimate of drug-likeness (QED) is 0.720. The van der Waals surface area contributed by atoms with Gasteiger partial charge in [-0.3, -0.25) is 9.78 Å². The van der Waals surface area contributed by atoms with Crippen molar-refractivity contribution in [2.45, 2.75) is 32.2 Å². The molecular formula is C20H20N4O2. The Morgan fingerprint density at radius 3 is 2.73 bits per heavy atom. The van der Waals surface area contributed by atoms with E-state index in [4.69, 9.17) is 4.42 Å². The van der Waals surface area contributed by atoms with Crippen molar-refractivity contribution in [3.63, 3.8) is 0 Å². The molecule has 0 radical (unpaired) electrons. The lowest BCUT2D eigenvalue weighted by atomic mass is 9.99. The second kappa shape index (κ2) is 7.07. The summed E-state index contributed by atoms with van der Waals surface area (Å²) in [7, 11) is 0. The van der Waals surface area contributed by atoms with Gasteiger partial charge in [0, 0.05) is 30.1 Å². The Hall–Kier alpha value is -3.02. The molecule has 1 amide bonds. The van der Waals surface area contributed by atoms with Gasteiger partial charge in [-0.1, -0.05) is 18.2 Å². The molecule has 6 heteroatoms. The Kier molecular flexibility index (Phi) is 4.48. The lowest BCUT2D eigenvalue weighted by Gasteiger charge is -2.33. The highest BCUT2D eigenvalue weighted by Crippen LogP contribution is 2.33. The van der Waals surface area contributed by atoms with Crippen LogP contribution in [0.5, 0.6) is 0 Å². The fourth-order valence-corrected chi connectivity index (χ4v) is 3.38. The van der Waals surface area contributed by atoms with Gasteiger partial charge in [-0.25, -0.2) is 0 Å². The van der Waals surface area contributed by atoms with E-state index in [-0.39, 0.29) is 11.9 Å². The minimum Gasteiger partial charge on any atom is -0.418 e. The van der Waals surface area contributed by atoms with E-state index in [9.17, 15) is 4.79 Å². The first-order chi connectivity index (χ1) is 12.7. The van der Waals surface area contributed by atoms with Crippen molar-refractivity contribution in [2.24, 2.45) is 0 Å². The van der Waals surface area contributed by atoms with Gasteiger partial charge in [0.05, 0.1) is 0 Å². The molecule has 26 heavy (non-hydrogen) atoms. The number of benzene rings is 1. The first-order valence-electron chi connectivity index (χ1n) is 8.84. The SMILES string of the molecule is Cc1ccccc1C(=O)N1CCCC[C@H]1c1nnc(-c2ccncc2)o1. The highest BCUT2D eigenvalue weighted by Gasteiger charge is 2.33. The van der Waals surface area contributed by atoms with Crippen molar-refractivity contribution in [3.8, 4) is 11.5 Å². The van der Waals surface area contributed by atoms with Crippen LogP contribution in [-0.4, -0.2) is 32.5 Å². The normalized spacial score (nSPS) is 17.3. The van der Waals surface area contributed by atoms with Gasteiger partial charge in [0.1, 0.15) is 6.04 Å². The molecule has 3 heterocycles. The molecule has 1 aromatic carbocycles. The summed E-state index contributed by atoms with van der Waals surface area (Å²) in [6.45, 7) is 2.66. The van der Waals surface area contributed by atoms with Gasteiger partial charge in [-0.15, -0.1) is 10.2 Å². The summed E-state index contributed by atoms with van der Waals surface area (Å²) in [5.74, 6) is 0.978. The zero-order valence-corrected chi connectivity index (χ0v) is 14.6. The maximum absolute atomic E-state index is 13.1. The van der Waals surface area contributed by atoms with Crippen molar-refractivity contribution >= 4 is 5.91 Å². The van der Waals surface area contributed by atoms with Gasteiger partial charge in [0.25, 0.3) is 5.91 Å². The number of nitrogens with zero attached hydrogens (tertiary/aromatic N) is 4. The Morgan fingerprint density at radius 2 is 1.92 bits per heavy atom. The summed E-state index contributed by atoms with van der Waals surface area (Å²) >= 11 is 0. The predicted molar refractivity (Wildman–Crippen MR) is 96.3 cm³/mol. The van der Waals surface area contributed by atoms with Gasteiger partial charge >= 0.3 is 0 Å². The van der Waals surface area contributed by atoms with Crippen LogP contribution in [0.15, 0.2) is 53.2 Å². The molecule has 0 aliphatic carbocycles. The molecule has 132 valence electrons. The molecule has 0 spiro atoms. The zero-order chi connectivity index (χ0) is 17.9. The number of carbonyl (C=O) groups excluding carboxylic acids is 1. The van der Waals surface area contributed by atoms with E-state index in [1.165, 1.54) is 0 Å². The average molecular weight is 348 g/mol. The predicted octanol–water partition coefficient (Wildman–Crippen LogP) is 3.81. The number of amides is 1. The zero-order valence-electron chi connectivity index (χ0n) is 14.6. The van der Waals surface area contributed by atoms with E-state index in [1.54, 1.807) is 12.4 Å². The molecule has 0 saturated carbocycles. The standard InChI is InChI=1S/C20H20N4O2/c1-14-6-2-3-7-16(14)20(25)24-13-5-4-8-17(24)19-23-22-18(26-19)15-9-11-21-12-10-15/h2-3,6-7,9-12,17H,4-5,8,13H2,1H3/t17-/m0/s1. The van der Waals surface area contributed by atoms with Crippen LogP contribution in [0.2, 0.25) is 0 Å². The lowest BCUT2D eigenvalue weighted by molar-refractivity contribution is 0.0571. The number of carbonyl (C=O) groups is 1. The smallest absolute Gasteiger partial charge is 0.254 e. The highest BCUT2D eigenvalue weighted by atomic mass is 16.4. The molecule has 0 N–H and O–H groups in total. The highest BCUT2D eigenvalue weighted by molar-refractivity contribution is 5.95. The minimum absolute atomic E-state index is 0.0245. The first kappa shape index (κ1) is 16.4. The number of piperidine rings is 1. The van der Waals surface area contributed by atoms with E-state index in [2.05, 4.69) is 15.2 Å². The van der Waals surface area contributed by atoms with E-state index >= 15 is 0 Å². The second-order valence-corrected chi connectivity index (χ2v) is 6.51. The number of rotatable bonds is 3. The summed E-state index contributed by atoms with van der Waals surface area (Å²) in [6, 6.07) is 11.1. The van der Waals surface area contributed by atoms with Gasteiger partial charge in [-0.05, 0) is 49.9 Å². The minimum atomic E-state index is -0.182. The topological polar surface area (TPSA) is 72.1 Å². The van der Waals surface area contributed by atoms with E-state index in [0.29, 0.717) is 18.3 Å². The van der Waals surface area contributed by atoms with E-state index in [0.717, 1.165) is 36.0 Å². The molecule has 1 aliphatic rings. The Labute approximate surface area is 151 Å². The van der Waals surface area contributed by atoms with E-state index < -0.39 is 0 Å². The van der Waals surface area contributed by atoms with Crippen LogP contribution in [0, 0.1) is 6.92 Å². The van der Waals surface area contributed by atoms with Gasteiger partial charge in [-0.2, -0.15) is 0 Å². The largest absolute Gasteiger partial charge is 0.418 e.